The Morgan fingerprint density at radius 1 is 1.30 bits per heavy atom. The molecule has 2 amide bonds. The van der Waals surface area contributed by atoms with Crippen molar-refractivity contribution in [2.24, 2.45) is 5.92 Å². The van der Waals surface area contributed by atoms with E-state index in [0.29, 0.717) is 19.0 Å². The largest absolute Gasteiger partial charge is 0.444 e. The number of piperidine rings is 1. The van der Waals surface area contributed by atoms with Crippen molar-refractivity contribution in [3.05, 3.63) is 27.8 Å². The molecule has 0 spiro atoms. The van der Waals surface area contributed by atoms with Gasteiger partial charge >= 0.3 is 6.09 Å². The molecular formula is C20H30IN3O3. The summed E-state index contributed by atoms with van der Waals surface area (Å²) in [5, 5.41) is 2.95. The molecular weight excluding hydrogens is 457 g/mol. The first kappa shape index (κ1) is 21.9. The summed E-state index contributed by atoms with van der Waals surface area (Å²) in [5.41, 5.74) is 0.330. The van der Waals surface area contributed by atoms with Crippen LogP contribution in [-0.2, 0) is 9.53 Å². The van der Waals surface area contributed by atoms with Gasteiger partial charge < -0.3 is 15.0 Å². The summed E-state index contributed by atoms with van der Waals surface area (Å²) in [6.07, 6.45) is 1.79. The minimum Gasteiger partial charge on any atom is -0.444 e. The second-order valence-electron chi connectivity index (χ2n) is 8.16. The second kappa shape index (κ2) is 9.73. The van der Waals surface area contributed by atoms with Crippen LogP contribution >= 0.6 is 22.6 Å². The van der Waals surface area contributed by atoms with Gasteiger partial charge in [-0.3, -0.25) is 9.69 Å². The zero-order valence-electron chi connectivity index (χ0n) is 16.6. The Labute approximate surface area is 175 Å². The lowest BCUT2D eigenvalue weighted by Crippen LogP contribution is -2.45. The van der Waals surface area contributed by atoms with E-state index in [9.17, 15) is 9.59 Å². The lowest BCUT2D eigenvalue weighted by atomic mass is 9.97. The number of rotatable bonds is 5. The average Bonchev–Trinajstić information content (AvgIpc) is 2.55. The summed E-state index contributed by atoms with van der Waals surface area (Å²) < 4.78 is 6.55. The first-order chi connectivity index (χ1) is 12.6. The normalized spacial score (nSPS) is 18.0. The van der Waals surface area contributed by atoms with Crippen molar-refractivity contribution in [1.82, 2.24) is 9.80 Å². The predicted octanol–water partition coefficient (Wildman–Crippen LogP) is 3.81. The van der Waals surface area contributed by atoms with Gasteiger partial charge in [0.1, 0.15) is 5.60 Å². The molecule has 1 saturated heterocycles. The molecule has 0 aromatic heterocycles. The summed E-state index contributed by atoms with van der Waals surface area (Å²) in [5.74, 6) is 0.347. The van der Waals surface area contributed by atoms with Crippen LogP contribution in [0.4, 0.5) is 10.5 Å². The Bertz CT molecular complexity index is 643. The molecule has 0 aliphatic carbocycles. The molecule has 1 N–H and O–H groups in total. The zero-order chi connectivity index (χ0) is 20.0. The summed E-state index contributed by atoms with van der Waals surface area (Å²) in [6.45, 7) is 8.34. The van der Waals surface area contributed by atoms with Gasteiger partial charge in [-0.25, -0.2) is 4.79 Å². The molecule has 0 saturated carbocycles. The lowest BCUT2D eigenvalue weighted by molar-refractivity contribution is -0.117. The van der Waals surface area contributed by atoms with E-state index in [4.69, 9.17) is 4.74 Å². The van der Waals surface area contributed by atoms with Crippen LogP contribution in [0.1, 0.15) is 33.6 Å². The average molecular weight is 487 g/mol. The molecule has 1 aliphatic heterocycles. The number of benzene rings is 1. The van der Waals surface area contributed by atoms with Gasteiger partial charge in [0.2, 0.25) is 5.91 Å². The molecule has 1 aromatic rings. The van der Waals surface area contributed by atoms with Gasteiger partial charge in [-0.05, 0) is 92.9 Å². The number of nitrogens with zero attached hydrogens (tertiary/aromatic N) is 2. The third kappa shape index (κ3) is 8.04. The molecule has 2 rings (SSSR count). The first-order valence-corrected chi connectivity index (χ1v) is 10.4. The van der Waals surface area contributed by atoms with Crippen LogP contribution in [0.25, 0.3) is 0 Å². The molecule has 1 aromatic carbocycles. The third-order valence-electron chi connectivity index (χ3n) is 4.34. The van der Waals surface area contributed by atoms with E-state index in [1.54, 1.807) is 11.9 Å². The Kier molecular flexibility index (Phi) is 7.91. The summed E-state index contributed by atoms with van der Waals surface area (Å²) >= 11 is 2.24. The molecule has 1 atom stereocenters. The van der Waals surface area contributed by atoms with Crippen molar-refractivity contribution >= 4 is 40.3 Å². The minimum atomic E-state index is -0.489. The number of likely N-dealkylation sites (tertiary alicyclic amines) is 1. The lowest BCUT2D eigenvalue weighted by Gasteiger charge is -2.34. The summed E-state index contributed by atoms with van der Waals surface area (Å²) in [4.78, 5) is 28.3. The molecule has 27 heavy (non-hydrogen) atoms. The number of carbonyl (C=O) groups is 2. The maximum Gasteiger partial charge on any atom is 0.410 e. The highest BCUT2D eigenvalue weighted by molar-refractivity contribution is 14.1. The monoisotopic (exact) mass is 487 g/mol. The highest BCUT2D eigenvalue weighted by atomic mass is 127. The van der Waals surface area contributed by atoms with Crippen LogP contribution in [0.3, 0.4) is 0 Å². The first-order valence-electron chi connectivity index (χ1n) is 9.34. The maximum atomic E-state index is 12.3. The number of hydrogen-bond donors (Lipinski definition) is 1. The Hall–Kier alpha value is -1.35. The van der Waals surface area contributed by atoms with Crippen LogP contribution in [-0.4, -0.2) is 60.6 Å². The van der Waals surface area contributed by atoms with Crippen LogP contribution in [0, 0.1) is 9.49 Å². The van der Waals surface area contributed by atoms with Gasteiger partial charge in [-0.1, -0.05) is 0 Å². The number of anilines is 1. The van der Waals surface area contributed by atoms with Gasteiger partial charge in [-0.2, -0.15) is 0 Å². The molecule has 1 aliphatic rings. The number of hydrogen-bond acceptors (Lipinski definition) is 4. The Morgan fingerprint density at radius 2 is 1.96 bits per heavy atom. The minimum absolute atomic E-state index is 0.00245. The van der Waals surface area contributed by atoms with E-state index in [-0.39, 0.29) is 12.0 Å². The number of nitrogens with one attached hydrogen (secondary N) is 1. The van der Waals surface area contributed by atoms with Gasteiger partial charge in [0.05, 0.1) is 6.54 Å². The highest BCUT2D eigenvalue weighted by Gasteiger charge is 2.26. The van der Waals surface area contributed by atoms with Gasteiger partial charge in [-0.15, -0.1) is 0 Å². The van der Waals surface area contributed by atoms with Crippen molar-refractivity contribution in [3.63, 3.8) is 0 Å². The molecule has 1 unspecified atom stereocenters. The van der Waals surface area contributed by atoms with E-state index in [2.05, 4.69) is 32.8 Å². The van der Waals surface area contributed by atoms with Crippen molar-refractivity contribution in [1.29, 1.82) is 0 Å². The zero-order valence-corrected chi connectivity index (χ0v) is 18.8. The van der Waals surface area contributed by atoms with Crippen LogP contribution in [0.2, 0.25) is 0 Å². The summed E-state index contributed by atoms with van der Waals surface area (Å²) in [6, 6.07) is 7.77. The third-order valence-corrected chi connectivity index (χ3v) is 5.05. The van der Waals surface area contributed by atoms with Gasteiger partial charge in [0, 0.05) is 29.4 Å². The van der Waals surface area contributed by atoms with E-state index < -0.39 is 5.60 Å². The highest BCUT2D eigenvalue weighted by Crippen LogP contribution is 2.19. The standard InChI is InChI=1S/C20H30IN3O3/c1-20(2,3)27-19(26)23(4)12-15-6-5-11-24(13-15)14-18(25)22-17-9-7-16(21)8-10-17/h7-10,15H,5-6,11-14H2,1-4H3,(H,22,25). The fourth-order valence-corrected chi connectivity index (χ4v) is 3.54. The number of amides is 2. The number of ether oxygens (including phenoxy) is 1. The molecule has 0 radical (unpaired) electrons. The van der Waals surface area contributed by atoms with E-state index in [0.717, 1.165) is 35.2 Å². The van der Waals surface area contributed by atoms with Gasteiger partial charge in [0.25, 0.3) is 0 Å². The SMILES string of the molecule is CN(CC1CCCN(CC(=O)Nc2ccc(I)cc2)C1)C(=O)OC(C)(C)C. The molecule has 0 bridgehead atoms. The van der Waals surface area contributed by atoms with E-state index in [1.807, 2.05) is 45.0 Å². The van der Waals surface area contributed by atoms with Crippen molar-refractivity contribution < 1.29 is 14.3 Å². The van der Waals surface area contributed by atoms with Crippen molar-refractivity contribution in [3.8, 4) is 0 Å². The van der Waals surface area contributed by atoms with Crippen molar-refractivity contribution in [2.75, 3.05) is 38.5 Å². The molecule has 6 nitrogen and oxygen atoms in total. The van der Waals surface area contributed by atoms with Crippen LogP contribution < -0.4 is 5.32 Å². The Balaban J connectivity index is 1.80. The summed E-state index contributed by atoms with van der Waals surface area (Å²) in [7, 11) is 1.77. The number of halogens is 1. The van der Waals surface area contributed by atoms with Crippen LogP contribution in [0.15, 0.2) is 24.3 Å². The fraction of sp³-hybridized carbons (Fsp3) is 0.600. The van der Waals surface area contributed by atoms with Gasteiger partial charge in [0.15, 0.2) is 0 Å². The van der Waals surface area contributed by atoms with Crippen molar-refractivity contribution in [2.45, 2.75) is 39.2 Å². The number of carbonyl (C=O) groups excluding carboxylic acids is 2. The Morgan fingerprint density at radius 3 is 2.59 bits per heavy atom. The maximum absolute atomic E-state index is 12.3. The van der Waals surface area contributed by atoms with Crippen LogP contribution in [0.5, 0.6) is 0 Å². The smallest absolute Gasteiger partial charge is 0.410 e. The predicted molar refractivity (Wildman–Crippen MR) is 116 cm³/mol. The fourth-order valence-electron chi connectivity index (χ4n) is 3.18. The molecule has 7 heteroatoms. The van der Waals surface area contributed by atoms with E-state index in [1.165, 1.54) is 0 Å². The molecule has 1 fully saturated rings. The van der Waals surface area contributed by atoms with E-state index >= 15 is 0 Å². The topological polar surface area (TPSA) is 61.9 Å². The molecule has 1 heterocycles. The molecule has 150 valence electrons. The quantitative estimate of drug-likeness (QED) is 0.642. The second-order valence-corrected chi connectivity index (χ2v) is 9.40.